The van der Waals surface area contributed by atoms with Crippen LogP contribution in [0.5, 0.6) is 5.75 Å². The third-order valence-corrected chi connectivity index (χ3v) is 4.75. The van der Waals surface area contributed by atoms with Crippen molar-refractivity contribution in [3.8, 4) is 5.75 Å². The van der Waals surface area contributed by atoms with E-state index in [9.17, 15) is 9.59 Å². The van der Waals surface area contributed by atoms with E-state index in [1.165, 1.54) is 0 Å². The topological polar surface area (TPSA) is 46.6 Å². The van der Waals surface area contributed by atoms with Gasteiger partial charge in [-0.2, -0.15) is 0 Å². The van der Waals surface area contributed by atoms with Crippen LogP contribution in [-0.2, 0) is 0 Å². The third-order valence-electron chi connectivity index (χ3n) is 4.75. The lowest BCUT2D eigenvalue weighted by Crippen LogP contribution is -2.42. The average Bonchev–Trinajstić information content (AvgIpc) is 2.67. The first-order chi connectivity index (χ1) is 12.1. The van der Waals surface area contributed by atoms with Crippen LogP contribution in [0.2, 0.25) is 0 Å². The average molecular weight is 337 g/mol. The Morgan fingerprint density at radius 3 is 2.28 bits per heavy atom. The number of nitrogens with zero attached hydrogens (tertiary/aromatic N) is 1. The van der Waals surface area contributed by atoms with Crippen LogP contribution in [0.3, 0.4) is 0 Å². The van der Waals surface area contributed by atoms with Gasteiger partial charge in [0.15, 0.2) is 5.78 Å². The normalized spacial score (nSPS) is 17.2. The smallest absolute Gasteiger partial charge is 0.253 e. The molecule has 0 saturated carbocycles. The van der Waals surface area contributed by atoms with E-state index in [-0.39, 0.29) is 17.6 Å². The standard InChI is InChI=1S/C21H23NO3/c1-15-5-7-16(8-6-15)20(23)18-4-3-13-22(14-18)21(24)17-9-11-19(25-2)12-10-17/h5-12,18H,3-4,13-14H2,1-2H3. The van der Waals surface area contributed by atoms with E-state index < -0.39 is 0 Å². The van der Waals surface area contributed by atoms with Crippen molar-refractivity contribution < 1.29 is 14.3 Å². The molecule has 0 bridgehead atoms. The summed E-state index contributed by atoms with van der Waals surface area (Å²) >= 11 is 0. The predicted octanol–water partition coefficient (Wildman–Crippen LogP) is 3.74. The van der Waals surface area contributed by atoms with Crippen molar-refractivity contribution in [3.63, 3.8) is 0 Å². The molecule has 1 aliphatic rings. The lowest BCUT2D eigenvalue weighted by molar-refractivity contribution is 0.0637. The molecule has 0 aromatic heterocycles. The Balaban J connectivity index is 1.70. The number of aryl methyl sites for hydroxylation is 1. The zero-order valence-corrected chi connectivity index (χ0v) is 14.7. The molecule has 1 unspecified atom stereocenters. The fraction of sp³-hybridized carbons (Fsp3) is 0.333. The SMILES string of the molecule is COc1ccc(C(=O)N2CCCC(C(=O)c3ccc(C)cc3)C2)cc1. The number of carbonyl (C=O) groups excluding carboxylic acids is 2. The van der Waals surface area contributed by atoms with E-state index in [0.29, 0.717) is 18.7 Å². The summed E-state index contributed by atoms with van der Waals surface area (Å²) in [4.78, 5) is 27.3. The Morgan fingerprint density at radius 2 is 1.64 bits per heavy atom. The molecule has 2 aromatic carbocycles. The first kappa shape index (κ1) is 17.2. The second-order valence-electron chi connectivity index (χ2n) is 6.55. The molecule has 1 saturated heterocycles. The molecular weight excluding hydrogens is 314 g/mol. The van der Waals surface area contributed by atoms with Gasteiger partial charge in [0.25, 0.3) is 5.91 Å². The molecule has 2 aromatic rings. The van der Waals surface area contributed by atoms with Crippen molar-refractivity contribution in [2.24, 2.45) is 5.92 Å². The zero-order valence-electron chi connectivity index (χ0n) is 14.7. The largest absolute Gasteiger partial charge is 0.497 e. The molecular formula is C21H23NO3. The molecule has 4 nitrogen and oxygen atoms in total. The van der Waals surface area contributed by atoms with Crippen LogP contribution in [0.15, 0.2) is 48.5 Å². The van der Waals surface area contributed by atoms with Gasteiger partial charge in [-0.25, -0.2) is 0 Å². The van der Waals surface area contributed by atoms with E-state index in [1.54, 1.807) is 36.3 Å². The number of benzene rings is 2. The Kier molecular flexibility index (Phi) is 5.17. The lowest BCUT2D eigenvalue weighted by Gasteiger charge is -2.32. The number of piperidine rings is 1. The summed E-state index contributed by atoms with van der Waals surface area (Å²) in [6.07, 6.45) is 1.68. The maximum atomic E-state index is 12.7. The van der Waals surface area contributed by atoms with Gasteiger partial charge in [-0.1, -0.05) is 29.8 Å². The van der Waals surface area contributed by atoms with Gasteiger partial charge in [0.05, 0.1) is 7.11 Å². The highest BCUT2D eigenvalue weighted by Crippen LogP contribution is 2.23. The van der Waals surface area contributed by atoms with E-state index in [4.69, 9.17) is 4.74 Å². The van der Waals surface area contributed by atoms with Crippen LogP contribution in [0, 0.1) is 12.8 Å². The molecule has 4 heteroatoms. The van der Waals surface area contributed by atoms with E-state index in [1.807, 2.05) is 31.2 Å². The molecule has 1 fully saturated rings. The van der Waals surface area contributed by atoms with Crippen molar-refractivity contribution in [3.05, 3.63) is 65.2 Å². The van der Waals surface area contributed by atoms with Crippen molar-refractivity contribution >= 4 is 11.7 Å². The number of likely N-dealkylation sites (tertiary alicyclic amines) is 1. The Labute approximate surface area is 148 Å². The lowest BCUT2D eigenvalue weighted by atomic mass is 9.89. The van der Waals surface area contributed by atoms with E-state index in [2.05, 4.69) is 0 Å². The van der Waals surface area contributed by atoms with Crippen molar-refractivity contribution in [1.82, 2.24) is 4.90 Å². The molecule has 0 aliphatic carbocycles. The van der Waals surface area contributed by atoms with Crippen LogP contribution < -0.4 is 4.74 Å². The minimum Gasteiger partial charge on any atom is -0.497 e. The molecule has 1 heterocycles. The molecule has 0 radical (unpaired) electrons. The highest BCUT2D eigenvalue weighted by atomic mass is 16.5. The Hall–Kier alpha value is -2.62. The molecule has 3 rings (SSSR count). The number of ether oxygens (including phenoxy) is 1. The van der Waals surface area contributed by atoms with Crippen LogP contribution in [0.25, 0.3) is 0 Å². The molecule has 1 amide bonds. The Bertz CT molecular complexity index is 750. The molecule has 1 aliphatic heterocycles. The summed E-state index contributed by atoms with van der Waals surface area (Å²) in [5, 5.41) is 0. The summed E-state index contributed by atoms with van der Waals surface area (Å²) in [6, 6.07) is 14.8. The second-order valence-corrected chi connectivity index (χ2v) is 6.55. The molecule has 1 atom stereocenters. The van der Waals surface area contributed by atoms with Crippen LogP contribution >= 0.6 is 0 Å². The van der Waals surface area contributed by atoms with Gasteiger partial charge in [0.2, 0.25) is 0 Å². The summed E-state index contributed by atoms with van der Waals surface area (Å²) in [6.45, 7) is 3.18. The highest BCUT2D eigenvalue weighted by molar-refractivity contribution is 5.99. The predicted molar refractivity (Wildman–Crippen MR) is 97.1 cm³/mol. The minimum atomic E-state index is -0.126. The van der Waals surface area contributed by atoms with E-state index in [0.717, 1.165) is 29.7 Å². The summed E-state index contributed by atoms with van der Waals surface area (Å²) in [5.41, 5.74) is 2.50. The maximum absolute atomic E-state index is 12.7. The zero-order chi connectivity index (χ0) is 17.8. The van der Waals surface area contributed by atoms with Gasteiger partial charge in [0, 0.05) is 30.1 Å². The number of Topliss-reactive ketones (excluding diaryl/α,β-unsaturated/α-hetero) is 1. The van der Waals surface area contributed by atoms with Crippen molar-refractivity contribution in [1.29, 1.82) is 0 Å². The number of rotatable bonds is 4. The van der Waals surface area contributed by atoms with Gasteiger partial charge in [0.1, 0.15) is 5.75 Å². The number of carbonyl (C=O) groups is 2. The highest BCUT2D eigenvalue weighted by Gasteiger charge is 2.29. The number of amides is 1. The summed E-state index contributed by atoms with van der Waals surface area (Å²) < 4.78 is 5.13. The third kappa shape index (κ3) is 3.90. The number of hydrogen-bond acceptors (Lipinski definition) is 3. The summed E-state index contributed by atoms with van der Waals surface area (Å²) in [7, 11) is 1.60. The van der Waals surface area contributed by atoms with Gasteiger partial charge in [-0.05, 0) is 44.0 Å². The van der Waals surface area contributed by atoms with Crippen molar-refractivity contribution in [2.75, 3.05) is 20.2 Å². The first-order valence-electron chi connectivity index (χ1n) is 8.62. The number of hydrogen-bond donors (Lipinski definition) is 0. The van der Waals surface area contributed by atoms with Crippen molar-refractivity contribution in [2.45, 2.75) is 19.8 Å². The fourth-order valence-corrected chi connectivity index (χ4v) is 3.25. The molecule has 130 valence electrons. The van der Waals surface area contributed by atoms with Crippen LogP contribution in [-0.4, -0.2) is 36.8 Å². The number of ketones is 1. The van der Waals surface area contributed by atoms with Crippen LogP contribution in [0.1, 0.15) is 39.1 Å². The van der Waals surface area contributed by atoms with Gasteiger partial charge in [-0.15, -0.1) is 0 Å². The fourth-order valence-electron chi connectivity index (χ4n) is 3.25. The monoisotopic (exact) mass is 337 g/mol. The van der Waals surface area contributed by atoms with Gasteiger partial charge in [-0.3, -0.25) is 9.59 Å². The van der Waals surface area contributed by atoms with Gasteiger partial charge < -0.3 is 9.64 Å². The molecule has 0 spiro atoms. The quantitative estimate of drug-likeness (QED) is 0.799. The Morgan fingerprint density at radius 1 is 1.00 bits per heavy atom. The maximum Gasteiger partial charge on any atom is 0.253 e. The molecule has 25 heavy (non-hydrogen) atoms. The minimum absolute atomic E-state index is 0.0240. The van der Waals surface area contributed by atoms with Crippen LogP contribution in [0.4, 0.5) is 0 Å². The summed E-state index contributed by atoms with van der Waals surface area (Å²) in [5.74, 6) is 0.706. The first-order valence-corrected chi connectivity index (χ1v) is 8.62. The van der Waals surface area contributed by atoms with Gasteiger partial charge >= 0.3 is 0 Å². The molecule has 0 N–H and O–H groups in total. The van der Waals surface area contributed by atoms with E-state index >= 15 is 0 Å². The number of methoxy groups -OCH3 is 1. The second kappa shape index (κ2) is 7.51.